The zero-order valence-corrected chi connectivity index (χ0v) is 12.7. The Bertz CT molecular complexity index is 549. The van der Waals surface area contributed by atoms with E-state index in [0.717, 1.165) is 0 Å². The second kappa shape index (κ2) is 5.13. The molecule has 19 heavy (non-hydrogen) atoms. The van der Waals surface area contributed by atoms with Crippen molar-refractivity contribution in [3.63, 3.8) is 0 Å². The average Bonchev–Trinajstić information content (AvgIpc) is 2.75. The maximum absolute atomic E-state index is 12.5. The molecular formula is C13H13BrClNO3. The molecular weight excluding hydrogens is 334 g/mol. The quantitative estimate of drug-likeness (QED) is 0.895. The Balaban J connectivity index is 2.39. The Morgan fingerprint density at radius 1 is 1.47 bits per heavy atom. The molecule has 102 valence electrons. The standard InChI is InChI=1S/C13H13BrClNO3/c1-13(12(18)19)5-2-6-16(13)11(17)9-7-8(15)3-4-10(9)14/h3-4,7H,2,5-6H2,1H3,(H,18,19). The van der Waals surface area contributed by atoms with Crippen LogP contribution in [0.1, 0.15) is 30.1 Å². The molecule has 1 amide bonds. The number of hydrogen-bond donors (Lipinski definition) is 1. The van der Waals surface area contributed by atoms with E-state index < -0.39 is 11.5 Å². The predicted octanol–water partition coefficient (Wildman–Crippen LogP) is 3.18. The summed E-state index contributed by atoms with van der Waals surface area (Å²) in [6, 6.07) is 4.90. The highest BCUT2D eigenvalue weighted by Gasteiger charge is 2.46. The minimum Gasteiger partial charge on any atom is -0.480 e. The summed E-state index contributed by atoms with van der Waals surface area (Å²) in [7, 11) is 0. The van der Waals surface area contributed by atoms with E-state index >= 15 is 0 Å². The lowest BCUT2D eigenvalue weighted by Crippen LogP contribution is -2.50. The lowest BCUT2D eigenvalue weighted by Gasteiger charge is -2.31. The van der Waals surface area contributed by atoms with Gasteiger partial charge in [0, 0.05) is 16.0 Å². The van der Waals surface area contributed by atoms with Gasteiger partial charge in [-0.1, -0.05) is 11.6 Å². The first-order chi connectivity index (χ1) is 8.86. The number of hydrogen-bond acceptors (Lipinski definition) is 2. The van der Waals surface area contributed by atoms with Crippen molar-refractivity contribution in [1.29, 1.82) is 0 Å². The molecule has 6 heteroatoms. The van der Waals surface area contributed by atoms with Crippen LogP contribution in [-0.4, -0.2) is 34.0 Å². The van der Waals surface area contributed by atoms with Crippen molar-refractivity contribution in [1.82, 2.24) is 4.90 Å². The number of amides is 1. The molecule has 4 nitrogen and oxygen atoms in total. The van der Waals surface area contributed by atoms with Crippen LogP contribution >= 0.6 is 27.5 Å². The molecule has 1 fully saturated rings. The number of carboxylic acids is 1. The molecule has 0 bridgehead atoms. The molecule has 0 radical (unpaired) electrons. The summed E-state index contributed by atoms with van der Waals surface area (Å²) in [6.07, 6.45) is 1.15. The van der Waals surface area contributed by atoms with E-state index in [1.165, 1.54) is 4.90 Å². The highest BCUT2D eigenvalue weighted by atomic mass is 79.9. The van der Waals surface area contributed by atoms with Gasteiger partial charge in [-0.15, -0.1) is 0 Å². The van der Waals surface area contributed by atoms with Gasteiger partial charge in [-0.2, -0.15) is 0 Å². The largest absolute Gasteiger partial charge is 0.480 e. The Kier molecular flexibility index (Phi) is 3.87. The second-order valence-electron chi connectivity index (χ2n) is 4.76. The Morgan fingerprint density at radius 3 is 2.79 bits per heavy atom. The van der Waals surface area contributed by atoms with E-state index in [-0.39, 0.29) is 5.91 Å². The Hall–Kier alpha value is -1.07. The van der Waals surface area contributed by atoms with E-state index in [4.69, 9.17) is 11.6 Å². The lowest BCUT2D eigenvalue weighted by atomic mass is 9.98. The summed E-state index contributed by atoms with van der Waals surface area (Å²) < 4.78 is 0.613. The second-order valence-corrected chi connectivity index (χ2v) is 6.05. The molecule has 0 saturated carbocycles. The highest BCUT2D eigenvalue weighted by molar-refractivity contribution is 9.10. The van der Waals surface area contributed by atoms with Crippen LogP contribution < -0.4 is 0 Å². The van der Waals surface area contributed by atoms with E-state index in [2.05, 4.69) is 15.9 Å². The number of aliphatic carboxylic acids is 1. The predicted molar refractivity (Wildman–Crippen MR) is 75.5 cm³/mol. The summed E-state index contributed by atoms with van der Waals surface area (Å²) in [5, 5.41) is 9.78. The van der Waals surface area contributed by atoms with Crippen LogP contribution in [0, 0.1) is 0 Å². The van der Waals surface area contributed by atoms with Crippen LogP contribution in [0.4, 0.5) is 0 Å². The lowest BCUT2D eigenvalue weighted by molar-refractivity contribution is -0.147. The third kappa shape index (κ3) is 2.49. The molecule has 1 atom stereocenters. The van der Waals surface area contributed by atoms with E-state index in [1.807, 2.05) is 0 Å². The van der Waals surface area contributed by atoms with E-state index in [1.54, 1.807) is 25.1 Å². The Labute approximate surface area is 124 Å². The zero-order valence-electron chi connectivity index (χ0n) is 10.3. The number of carbonyl (C=O) groups excluding carboxylic acids is 1. The zero-order chi connectivity index (χ0) is 14.2. The molecule has 1 heterocycles. The molecule has 1 saturated heterocycles. The van der Waals surface area contributed by atoms with Gasteiger partial charge in [0.2, 0.25) is 0 Å². The third-order valence-electron chi connectivity index (χ3n) is 3.51. The van der Waals surface area contributed by atoms with Gasteiger partial charge < -0.3 is 10.0 Å². The smallest absolute Gasteiger partial charge is 0.329 e. The fourth-order valence-corrected chi connectivity index (χ4v) is 2.91. The molecule has 1 aromatic carbocycles. The number of carboxylic acid groups (broad SMARTS) is 1. The fraction of sp³-hybridized carbons (Fsp3) is 0.385. The molecule has 0 spiro atoms. The summed E-state index contributed by atoms with van der Waals surface area (Å²) >= 11 is 9.19. The van der Waals surface area contributed by atoms with Crippen molar-refractivity contribution < 1.29 is 14.7 Å². The SMILES string of the molecule is CC1(C(=O)O)CCCN1C(=O)c1cc(Cl)ccc1Br. The summed E-state index contributed by atoms with van der Waals surface area (Å²) in [5.41, 5.74) is -0.749. The van der Waals surface area contributed by atoms with Crippen LogP contribution in [0.15, 0.2) is 22.7 Å². The van der Waals surface area contributed by atoms with Crippen molar-refractivity contribution in [2.75, 3.05) is 6.54 Å². The van der Waals surface area contributed by atoms with Gasteiger partial charge >= 0.3 is 5.97 Å². The van der Waals surface area contributed by atoms with Gasteiger partial charge in [0.05, 0.1) is 5.56 Å². The number of rotatable bonds is 2. The van der Waals surface area contributed by atoms with Crippen molar-refractivity contribution in [2.45, 2.75) is 25.3 Å². The third-order valence-corrected chi connectivity index (χ3v) is 4.43. The minimum atomic E-state index is -1.14. The van der Waals surface area contributed by atoms with Crippen LogP contribution in [0.25, 0.3) is 0 Å². The van der Waals surface area contributed by atoms with Gasteiger partial charge in [0.1, 0.15) is 5.54 Å². The maximum Gasteiger partial charge on any atom is 0.329 e. The Morgan fingerprint density at radius 2 is 2.16 bits per heavy atom. The topological polar surface area (TPSA) is 57.6 Å². The molecule has 1 unspecified atom stereocenters. The monoisotopic (exact) mass is 345 g/mol. The maximum atomic E-state index is 12.5. The van der Waals surface area contributed by atoms with Crippen molar-refractivity contribution in [3.05, 3.63) is 33.3 Å². The molecule has 1 aromatic rings. The van der Waals surface area contributed by atoms with Crippen LogP contribution in [0.3, 0.4) is 0 Å². The van der Waals surface area contributed by atoms with E-state index in [9.17, 15) is 14.7 Å². The average molecular weight is 347 g/mol. The van der Waals surface area contributed by atoms with E-state index in [0.29, 0.717) is 34.4 Å². The van der Waals surface area contributed by atoms with Gasteiger partial charge in [0.25, 0.3) is 5.91 Å². The molecule has 0 aliphatic carbocycles. The normalized spacial score (nSPS) is 22.6. The van der Waals surface area contributed by atoms with Gasteiger partial charge in [0.15, 0.2) is 0 Å². The van der Waals surface area contributed by atoms with Crippen LogP contribution in [-0.2, 0) is 4.79 Å². The molecule has 2 rings (SSSR count). The van der Waals surface area contributed by atoms with Gasteiger partial charge in [-0.25, -0.2) is 4.79 Å². The molecule has 0 aromatic heterocycles. The van der Waals surface area contributed by atoms with Gasteiger partial charge in [-0.05, 0) is 53.9 Å². The minimum absolute atomic E-state index is 0.309. The van der Waals surface area contributed by atoms with Crippen LogP contribution in [0.5, 0.6) is 0 Å². The van der Waals surface area contributed by atoms with Gasteiger partial charge in [-0.3, -0.25) is 4.79 Å². The first-order valence-electron chi connectivity index (χ1n) is 5.86. The summed E-state index contributed by atoms with van der Waals surface area (Å²) in [5.74, 6) is -1.28. The molecule has 1 N–H and O–H groups in total. The van der Waals surface area contributed by atoms with Crippen LogP contribution in [0.2, 0.25) is 5.02 Å². The summed E-state index contributed by atoms with van der Waals surface area (Å²) in [4.78, 5) is 25.3. The van der Waals surface area contributed by atoms with Crippen molar-refractivity contribution in [3.8, 4) is 0 Å². The molecule has 1 aliphatic rings. The highest BCUT2D eigenvalue weighted by Crippen LogP contribution is 2.32. The fourth-order valence-electron chi connectivity index (χ4n) is 2.32. The van der Waals surface area contributed by atoms with Crippen molar-refractivity contribution >= 4 is 39.4 Å². The first kappa shape index (κ1) is 14.3. The number of nitrogens with zero attached hydrogens (tertiary/aromatic N) is 1. The number of carbonyl (C=O) groups is 2. The molecule has 1 aliphatic heterocycles. The number of likely N-dealkylation sites (tertiary alicyclic amines) is 1. The first-order valence-corrected chi connectivity index (χ1v) is 7.04. The number of halogens is 2. The van der Waals surface area contributed by atoms with Crippen molar-refractivity contribution in [2.24, 2.45) is 0 Å². The summed E-state index contributed by atoms with van der Waals surface area (Å²) in [6.45, 7) is 2.03. The number of benzene rings is 1.